The van der Waals surface area contributed by atoms with Gasteiger partial charge < -0.3 is 10.3 Å². The molecule has 0 amide bonds. The van der Waals surface area contributed by atoms with Gasteiger partial charge in [-0.05, 0) is 33.9 Å². The van der Waals surface area contributed by atoms with Crippen LogP contribution >= 0.6 is 0 Å². The molecule has 0 aromatic carbocycles. The Morgan fingerprint density at radius 1 is 1.35 bits per heavy atom. The molecule has 4 heteroatoms. The van der Waals surface area contributed by atoms with Crippen LogP contribution in [0.3, 0.4) is 0 Å². The Morgan fingerprint density at radius 3 is 2.41 bits per heavy atom. The van der Waals surface area contributed by atoms with E-state index in [9.17, 15) is 0 Å². The number of nitrogens with two attached hydrogens (primary N) is 1. The van der Waals surface area contributed by atoms with Gasteiger partial charge in [-0.2, -0.15) is 0 Å². The maximum atomic E-state index is 6.42. The molecule has 2 N–H and O–H groups in total. The van der Waals surface area contributed by atoms with Gasteiger partial charge in [-0.15, -0.1) is 0 Å². The average molecular weight is 238 g/mol. The summed E-state index contributed by atoms with van der Waals surface area (Å²) in [5.74, 6) is 0.976. The Bertz CT molecular complexity index is 339. The number of aromatic nitrogens is 2. The fourth-order valence-electron chi connectivity index (χ4n) is 2.42. The van der Waals surface area contributed by atoms with Crippen LogP contribution in [0.4, 0.5) is 0 Å². The number of hydrogen-bond acceptors (Lipinski definition) is 3. The van der Waals surface area contributed by atoms with Crippen LogP contribution in [0.25, 0.3) is 0 Å². The number of aryl methyl sites for hydroxylation is 1. The third kappa shape index (κ3) is 2.69. The SMILES string of the molecule is CCN(CC)C(C)(C)C(N)c1nccn1CC. The van der Waals surface area contributed by atoms with Crippen LogP contribution in [-0.2, 0) is 6.54 Å². The Labute approximate surface area is 105 Å². The van der Waals surface area contributed by atoms with Crippen LogP contribution in [0.2, 0.25) is 0 Å². The zero-order valence-electron chi connectivity index (χ0n) is 11.8. The number of rotatable bonds is 6. The van der Waals surface area contributed by atoms with E-state index >= 15 is 0 Å². The molecule has 0 saturated carbocycles. The molecule has 0 fully saturated rings. The van der Waals surface area contributed by atoms with Gasteiger partial charge in [0.2, 0.25) is 0 Å². The number of hydrogen-bond donors (Lipinski definition) is 1. The van der Waals surface area contributed by atoms with Gasteiger partial charge in [0.05, 0.1) is 6.04 Å². The molecule has 0 saturated heterocycles. The molecule has 1 rings (SSSR count). The van der Waals surface area contributed by atoms with Gasteiger partial charge in [-0.1, -0.05) is 13.8 Å². The molecule has 0 aliphatic rings. The zero-order chi connectivity index (χ0) is 13.1. The van der Waals surface area contributed by atoms with E-state index < -0.39 is 0 Å². The van der Waals surface area contributed by atoms with Crippen molar-refractivity contribution in [2.24, 2.45) is 5.73 Å². The van der Waals surface area contributed by atoms with Crippen molar-refractivity contribution >= 4 is 0 Å². The second-order valence-corrected chi connectivity index (χ2v) is 4.88. The van der Waals surface area contributed by atoms with Gasteiger partial charge in [0, 0.05) is 24.5 Å². The van der Waals surface area contributed by atoms with E-state index in [0.717, 1.165) is 25.5 Å². The molecule has 0 radical (unpaired) electrons. The third-order valence-corrected chi connectivity index (χ3v) is 3.71. The normalized spacial score (nSPS) is 14.3. The summed E-state index contributed by atoms with van der Waals surface area (Å²) in [5, 5.41) is 0. The van der Waals surface area contributed by atoms with Gasteiger partial charge in [0.1, 0.15) is 5.82 Å². The van der Waals surface area contributed by atoms with Gasteiger partial charge in [-0.3, -0.25) is 4.90 Å². The first-order valence-corrected chi connectivity index (χ1v) is 6.50. The largest absolute Gasteiger partial charge is 0.334 e. The Kier molecular flexibility index (Phi) is 4.71. The minimum absolute atomic E-state index is 0.0719. The van der Waals surface area contributed by atoms with Crippen LogP contribution < -0.4 is 5.73 Å². The highest BCUT2D eigenvalue weighted by Crippen LogP contribution is 2.27. The van der Waals surface area contributed by atoms with E-state index in [0.29, 0.717) is 0 Å². The molecule has 1 aromatic heterocycles. The fourth-order valence-corrected chi connectivity index (χ4v) is 2.42. The molecule has 1 unspecified atom stereocenters. The lowest BCUT2D eigenvalue weighted by molar-refractivity contribution is 0.102. The summed E-state index contributed by atoms with van der Waals surface area (Å²) in [7, 11) is 0. The highest BCUT2D eigenvalue weighted by molar-refractivity contribution is 5.07. The molecule has 0 bridgehead atoms. The van der Waals surface area contributed by atoms with Crippen LogP contribution in [0.5, 0.6) is 0 Å². The summed E-state index contributed by atoms with van der Waals surface area (Å²) in [6.45, 7) is 13.8. The second kappa shape index (κ2) is 5.65. The van der Waals surface area contributed by atoms with Crippen LogP contribution in [0, 0.1) is 0 Å². The van der Waals surface area contributed by atoms with Gasteiger partial charge >= 0.3 is 0 Å². The summed E-state index contributed by atoms with van der Waals surface area (Å²) in [6, 6.07) is -0.0719. The lowest BCUT2D eigenvalue weighted by Crippen LogP contribution is -2.51. The quantitative estimate of drug-likeness (QED) is 0.825. The number of nitrogens with zero attached hydrogens (tertiary/aromatic N) is 3. The maximum absolute atomic E-state index is 6.42. The first kappa shape index (κ1) is 14.2. The topological polar surface area (TPSA) is 47.1 Å². The molecule has 17 heavy (non-hydrogen) atoms. The van der Waals surface area contributed by atoms with Crippen molar-refractivity contribution in [1.82, 2.24) is 14.5 Å². The molecule has 1 atom stereocenters. The molecule has 4 nitrogen and oxygen atoms in total. The third-order valence-electron chi connectivity index (χ3n) is 3.71. The first-order valence-electron chi connectivity index (χ1n) is 6.50. The van der Waals surface area contributed by atoms with E-state index in [4.69, 9.17) is 5.73 Å². The van der Waals surface area contributed by atoms with E-state index in [1.54, 1.807) is 0 Å². The van der Waals surface area contributed by atoms with Gasteiger partial charge in [-0.25, -0.2) is 4.98 Å². The highest BCUT2D eigenvalue weighted by Gasteiger charge is 2.34. The monoisotopic (exact) mass is 238 g/mol. The van der Waals surface area contributed by atoms with Crippen molar-refractivity contribution in [3.8, 4) is 0 Å². The molecule has 0 aliphatic carbocycles. The fraction of sp³-hybridized carbons (Fsp3) is 0.769. The van der Waals surface area contributed by atoms with Gasteiger partial charge in [0.25, 0.3) is 0 Å². The van der Waals surface area contributed by atoms with Crippen LogP contribution in [0.15, 0.2) is 12.4 Å². The van der Waals surface area contributed by atoms with E-state index in [-0.39, 0.29) is 11.6 Å². The summed E-state index contributed by atoms with van der Waals surface area (Å²) in [6.07, 6.45) is 3.82. The van der Waals surface area contributed by atoms with Crippen molar-refractivity contribution in [3.63, 3.8) is 0 Å². The lowest BCUT2D eigenvalue weighted by atomic mass is 9.92. The molecule has 0 aliphatic heterocycles. The Morgan fingerprint density at radius 2 is 1.94 bits per heavy atom. The molecule has 1 aromatic rings. The van der Waals surface area contributed by atoms with Gasteiger partial charge in [0.15, 0.2) is 0 Å². The van der Waals surface area contributed by atoms with Crippen molar-refractivity contribution in [2.75, 3.05) is 13.1 Å². The van der Waals surface area contributed by atoms with Crippen molar-refractivity contribution in [2.45, 2.75) is 52.7 Å². The second-order valence-electron chi connectivity index (χ2n) is 4.88. The molecule has 0 spiro atoms. The minimum Gasteiger partial charge on any atom is -0.334 e. The highest BCUT2D eigenvalue weighted by atomic mass is 15.2. The Hall–Kier alpha value is -0.870. The number of imidazole rings is 1. The predicted molar refractivity (Wildman–Crippen MR) is 71.8 cm³/mol. The average Bonchev–Trinajstić information content (AvgIpc) is 2.77. The Balaban J connectivity index is 2.98. The summed E-state index contributed by atoms with van der Waals surface area (Å²) < 4.78 is 2.12. The molecule has 98 valence electrons. The molecular formula is C13H26N4. The van der Waals surface area contributed by atoms with Crippen molar-refractivity contribution in [1.29, 1.82) is 0 Å². The lowest BCUT2D eigenvalue weighted by Gasteiger charge is -2.41. The summed E-state index contributed by atoms with van der Waals surface area (Å²) in [5.41, 5.74) is 6.34. The van der Waals surface area contributed by atoms with E-state index in [1.807, 2.05) is 12.4 Å². The van der Waals surface area contributed by atoms with Crippen LogP contribution in [-0.4, -0.2) is 33.1 Å². The zero-order valence-corrected chi connectivity index (χ0v) is 11.8. The number of likely N-dealkylation sites (N-methyl/N-ethyl adjacent to an activating group) is 1. The van der Waals surface area contributed by atoms with E-state index in [1.165, 1.54) is 0 Å². The maximum Gasteiger partial charge on any atom is 0.127 e. The predicted octanol–water partition coefficient (Wildman–Crippen LogP) is 2.02. The van der Waals surface area contributed by atoms with Crippen molar-refractivity contribution < 1.29 is 0 Å². The standard InChI is InChI=1S/C13H26N4/c1-6-16-10-9-15-12(16)11(14)13(4,5)17(7-2)8-3/h9-11H,6-8,14H2,1-5H3. The summed E-state index contributed by atoms with van der Waals surface area (Å²) >= 11 is 0. The minimum atomic E-state index is -0.0816. The molecular weight excluding hydrogens is 212 g/mol. The smallest absolute Gasteiger partial charge is 0.127 e. The first-order chi connectivity index (χ1) is 7.98. The van der Waals surface area contributed by atoms with Crippen molar-refractivity contribution in [3.05, 3.63) is 18.2 Å². The van der Waals surface area contributed by atoms with E-state index in [2.05, 4.69) is 49.1 Å². The van der Waals surface area contributed by atoms with Crippen LogP contribution in [0.1, 0.15) is 46.5 Å². The molecule has 1 heterocycles. The summed E-state index contributed by atoms with van der Waals surface area (Å²) in [4.78, 5) is 6.80.